The molecule has 0 saturated heterocycles. The molecule has 0 unspecified atom stereocenters. The molecule has 0 atom stereocenters. The fourth-order valence-electron chi connectivity index (χ4n) is 1.72. The lowest BCUT2D eigenvalue weighted by atomic mass is 10.1. The van der Waals surface area contributed by atoms with E-state index in [4.69, 9.17) is 19.6 Å². The van der Waals surface area contributed by atoms with E-state index in [2.05, 4.69) is 4.98 Å². The van der Waals surface area contributed by atoms with Gasteiger partial charge in [0, 0.05) is 5.56 Å². The summed E-state index contributed by atoms with van der Waals surface area (Å²) < 4.78 is 15.9. The number of fused-ring (bicyclic) bond motifs is 1. The van der Waals surface area contributed by atoms with Crippen LogP contribution in [0.5, 0.6) is 11.5 Å². The number of nitrogens with zero attached hydrogens (tertiary/aromatic N) is 1. The van der Waals surface area contributed by atoms with E-state index >= 15 is 0 Å². The van der Waals surface area contributed by atoms with Gasteiger partial charge in [0.15, 0.2) is 17.3 Å². The Morgan fingerprint density at radius 3 is 2.69 bits per heavy atom. The summed E-state index contributed by atoms with van der Waals surface area (Å²) >= 11 is 0. The van der Waals surface area contributed by atoms with Crippen molar-refractivity contribution in [3.8, 4) is 22.8 Å². The van der Waals surface area contributed by atoms with E-state index < -0.39 is 0 Å². The van der Waals surface area contributed by atoms with Gasteiger partial charge in [0.25, 0.3) is 6.01 Å². The van der Waals surface area contributed by atoms with Crippen molar-refractivity contribution in [2.75, 3.05) is 12.5 Å². The van der Waals surface area contributed by atoms with Crippen LogP contribution in [0.4, 0.5) is 6.01 Å². The third-order valence-electron chi connectivity index (χ3n) is 2.51. The number of nitrogens with two attached hydrogens (primary N) is 1. The topological polar surface area (TPSA) is 70.5 Å². The third kappa shape index (κ3) is 1.29. The lowest BCUT2D eigenvalue weighted by molar-refractivity contribution is 0.174. The molecule has 5 heteroatoms. The highest BCUT2D eigenvalue weighted by atomic mass is 16.7. The van der Waals surface area contributed by atoms with Gasteiger partial charge < -0.3 is 19.6 Å². The number of aromatic nitrogens is 1. The normalized spacial score (nSPS) is 13.1. The molecule has 0 saturated carbocycles. The van der Waals surface area contributed by atoms with Crippen LogP contribution in [0.15, 0.2) is 22.7 Å². The summed E-state index contributed by atoms with van der Waals surface area (Å²) in [6, 6.07) is 3.95. The number of ether oxygens (including phenoxy) is 2. The van der Waals surface area contributed by atoms with Gasteiger partial charge in [-0.05, 0) is 24.6 Å². The van der Waals surface area contributed by atoms with Crippen LogP contribution in [0.2, 0.25) is 0 Å². The number of hydrogen-bond acceptors (Lipinski definition) is 5. The average Bonchev–Trinajstić information content (AvgIpc) is 2.84. The van der Waals surface area contributed by atoms with Crippen LogP contribution in [0.1, 0.15) is 5.56 Å². The number of rotatable bonds is 1. The summed E-state index contributed by atoms with van der Waals surface area (Å²) in [5.41, 5.74) is 7.38. The van der Waals surface area contributed by atoms with Gasteiger partial charge in [-0.3, -0.25) is 0 Å². The van der Waals surface area contributed by atoms with Crippen molar-refractivity contribution in [3.63, 3.8) is 0 Å². The molecular formula is C11H10N2O3. The minimum Gasteiger partial charge on any atom is -0.454 e. The monoisotopic (exact) mass is 218 g/mol. The first-order valence-electron chi connectivity index (χ1n) is 4.86. The van der Waals surface area contributed by atoms with Gasteiger partial charge in [-0.25, -0.2) is 4.98 Å². The Labute approximate surface area is 91.8 Å². The Kier molecular flexibility index (Phi) is 1.80. The first-order valence-corrected chi connectivity index (χ1v) is 4.86. The Balaban J connectivity index is 2.14. The van der Waals surface area contributed by atoms with Crippen molar-refractivity contribution in [2.45, 2.75) is 6.92 Å². The molecule has 1 aromatic heterocycles. The summed E-state index contributed by atoms with van der Waals surface area (Å²) in [6.45, 7) is 2.23. The quantitative estimate of drug-likeness (QED) is 0.792. The first-order chi connectivity index (χ1) is 7.74. The highest BCUT2D eigenvalue weighted by Gasteiger charge is 2.17. The van der Waals surface area contributed by atoms with Crippen LogP contribution >= 0.6 is 0 Å². The zero-order valence-electron chi connectivity index (χ0n) is 8.69. The van der Waals surface area contributed by atoms with Gasteiger partial charge in [0.1, 0.15) is 0 Å². The molecule has 1 aromatic carbocycles. The lowest BCUT2D eigenvalue weighted by Crippen LogP contribution is -1.92. The molecule has 1 aliphatic heterocycles. The molecule has 0 fully saturated rings. The maximum absolute atomic E-state index is 5.45. The second-order valence-corrected chi connectivity index (χ2v) is 3.58. The molecule has 16 heavy (non-hydrogen) atoms. The highest BCUT2D eigenvalue weighted by Crippen LogP contribution is 2.38. The van der Waals surface area contributed by atoms with Crippen LogP contribution < -0.4 is 15.2 Å². The van der Waals surface area contributed by atoms with Crippen LogP contribution in [0.3, 0.4) is 0 Å². The van der Waals surface area contributed by atoms with Crippen LogP contribution in [0, 0.1) is 6.92 Å². The van der Waals surface area contributed by atoms with Gasteiger partial charge in [-0.15, -0.1) is 0 Å². The van der Waals surface area contributed by atoms with Crippen molar-refractivity contribution in [1.82, 2.24) is 4.98 Å². The van der Waals surface area contributed by atoms with Crippen molar-refractivity contribution >= 4 is 6.01 Å². The van der Waals surface area contributed by atoms with E-state index in [-0.39, 0.29) is 12.8 Å². The summed E-state index contributed by atoms with van der Waals surface area (Å²) in [4.78, 5) is 3.87. The molecule has 1 aliphatic rings. The van der Waals surface area contributed by atoms with E-state index in [0.29, 0.717) is 5.76 Å². The van der Waals surface area contributed by atoms with Gasteiger partial charge in [0.05, 0.1) is 6.20 Å². The predicted octanol–water partition coefficient (Wildman–Crippen LogP) is 1.96. The van der Waals surface area contributed by atoms with Crippen molar-refractivity contribution < 1.29 is 13.9 Å². The van der Waals surface area contributed by atoms with Crippen molar-refractivity contribution in [3.05, 3.63) is 23.9 Å². The molecule has 82 valence electrons. The predicted molar refractivity (Wildman–Crippen MR) is 57.2 cm³/mol. The standard InChI is InChI=1S/C11H10N2O3/c1-6-2-8-9(15-5-14-8)3-7(6)10-4-13-11(12)16-10/h2-4H,5H2,1H3,(H2,12,13). The smallest absolute Gasteiger partial charge is 0.292 e. The molecule has 2 N–H and O–H groups in total. The van der Waals surface area contributed by atoms with Gasteiger partial charge >= 0.3 is 0 Å². The lowest BCUT2D eigenvalue weighted by Gasteiger charge is -2.03. The van der Waals surface area contributed by atoms with E-state index in [1.807, 2.05) is 19.1 Å². The maximum Gasteiger partial charge on any atom is 0.292 e. The molecule has 3 rings (SSSR count). The molecular weight excluding hydrogens is 208 g/mol. The summed E-state index contributed by atoms with van der Waals surface area (Å²) in [5, 5.41) is 0. The summed E-state index contributed by atoms with van der Waals surface area (Å²) in [6.07, 6.45) is 1.60. The van der Waals surface area contributed by atoms with Crippen molar-refractivity contribution in [2.24, 2.45) is 0 Å². The number of hydrogen-bond donors (Lipinski definition) is 1. The molecule has 0 aliphatic carbocycles. The van der Waals surface area contributed by atoms with Crippen LogP contribution in [-0.2, 0) is 0 Å². The molecule has 0 radical (unpaired) electrons. The fourth-order valence-corrected chi connectivity index (χ4v) is 1.72. The van der Waals surface area contributed by atoms with E-state index in [0.717, 1.165) is 22.6 Å². The van der Waals surface area contributed by atoms with Gasteiger partial charge in [0.2, 0.25) is 6.79 Å². The second-order valence-electron chi connectivity index (χ2n) is 3.58. The SMILES string of the molecule is Cc1cc2c(cc1-c1cnc(N)o1)OCO2. The third-order valence-corrected chi connectivity index (χ3v) is 2.51. The maximum atomic E-state index is 5.45. The number of anilines is 1. The Morgan fingerprint density at radius 2 is 2.00 bits per heavy atom. The molecule has 0 bridgehead atoms. The molecule has 2 heterocycles. The largest absolute Gasteiger partial charge is 0.454 e. The Bertz CT molecular complexity index is 548. The summed E-state index contributed by atoms with van der Waals surface area (Å²) in [7, 11) is 0. The Morgan fingerprint density at radius 1 is 1.25 bits per heavy atom. The zero-order valence-corrected chi connectivity index (χ0v) is 8.69. The Hall–Kier alpha value is -2.17. The summed E-state index contributed by atoms with van der Waals surface area (Å²) in [5.74, 6) is 2.11. The van der Waals surface area contributed by atoms with Crippen LogP contribution in [0.25, 0.3) is 11.3 Å². The van der Waals surface area contributed by atoms with E-state index in [1.54, 1.807) is 6.20 Å². The first kappa shape index (κ1) is 9.08. The van der Waals surface area contributed by atoms with Gasteiger partial charge in [-0.2, -0.15) is 0 Å². The average molecular weight is 218 g/mol. The van der Waals surface area contributed by atoms with E-state index in [1.165, 1.54) is 0 Å². The number of oxazole rings is 1. The highest BCUT2D eigenvalue weighted by molar-refractivity contribution is 5.67. The molecule has 0 spiro atoms. The fraction of sp³-hybridized carbons (Fsp3) is 0.182. The van der Waals surface area contributed by atoms with E-state index in [9.17, 15) is 0 Å². The molecule has 0 amide bonds. The number of aryl methyl sites for hydroxylation is 1. The van der Waals surface area contributed by atoms with Crippen molar-refractivity contribution in [1.29, 1.82) is 0 Å². The molecule has 2 aromatic rings. The molecule has 5 nitrogen and oxygen atoms in total. The van der Waals surface area contributed by atoms with Crippen LogP contribution in [-0.4, -0.2) is 11.8 Å². The number of nitrogen functional groups attached to an aromatic ring is 1. The minimum atomic E-state index is 0.159. The zero-order chi connectivity index (χ0) is 11.1. The number of benzene rings is 1. The minimum absolute atomic E-state index is 0.159. The second kappa shape index (κ2) is 3.16. The van der Waals surface area contributed by atoms with Gasteiger partial charge in [-0.1, -0.05) is 0 Å².